The Morgan fingerprint density at radius 2 is 1.92 bits per heavy atom. The quantitative estimate of drug-likeness (QED) is 0.725. The molecule has 4 nitrogen and oxygen atoms in total. The minimum absolute atomic E-state index is 0.0242. The summed E-state index contributed by atoms with van der Waals surface area (Å²) in [7, 11) is 0. The Balaban J connectivity index is 1.45. The van der Waals surface area contributed by atoms with Crippen LogP contribution in [0, 0.1) is 6.92 Å². The summed E-state index contributed by atoms with van der Waals surface area (Å²) in [6, 6.07) is 16.4. The Morgan fingerprint density at radius 1 is 1.12 bits per heavy atom. The third-order valence-electron chi connectivity index (χ3n) is 5.18. The minimum Gasteiger partial charge on any atom is -0.358 e. The molecule has 2 N–H and O–H groups in total. The number of para-hydroxylation sites is 1. The summed E-state index contributed by atoms with van der Waals surface area (Å²) in [4.78, 5) is 18.4. The van der Waals surface area contributed by atoms with E-state index in [1.54, 1.807) is 0 Å². The van der Waals surface area contributed by atoms with Gasteiger partial charge in [0.05, 0.1) is 6.42 Å². The smallest absolute Gasteiger partial charge is 0.228 e. The van der Waals surface area contributed by atoms with Crippen LogP contribution in [0.3, 0.4) is 0 Å². The zero-order valence-electron chi connectivity index (χ0n) is 15.2. The van der Waals surface area contributed by atoms with E-state index < -0.39 is 0 Å². The lowest BCUT2D eigenvalue weighted by molar-refractivity contribution is -0.115. The fourth-order valence-corrected chi connectivity index (χ4v) is 3.87. The maximum atomic E-state index is 12.6. The van der Waals surface area contributed by atoms with Gasteiger partial charge in [-0.25, -0.2) is 0 Å². The van der Waals surface area contributed by atoms with Gasteiger partial charge >= 0.3 is 0 Å². The highest BCUT2D eigenvalue weighted by Crippen LogP contribution is 2.23. The molecule has 1 aliphatic heterocycles. The van der Waals surface area contributed by atoms with E-state index in [9.17, 15) is 4.79 Å². The first-order chi connectivity index (χ1) is 12.7. The number of anilines is 1. The molecule has 4 rings (SSSR count). The van der Waals surface area contributed by atoms with Crippen molar-refractivity contribution in [2.45, 2.75) is 32.7 Å². The van der Waals surface area contributed by atoms with E-state index >= 15 is 0 Å². The second-order valence-electron chi connectivity index (χ2n) is 7.18. The Morgan fingerprint density at radius 3 is 2.77 bits per heavy atom. The molecule has 2 heterocycles. The van der Waals surface area contributed by atoms with E-state index in [0.29, 0.717) is 6.42 Å². The normalized spacial score (nSPS) is 14.8. The summed E-state index contributed by atoms with van der Waals surface area (Å²) in [6.45, 7) is 5.34. The maximum absolute atomic E-state index is 12.6. The number of aromatic nitrogens is 1. The van der Waals surface area contributed by atoms with Crippen LogP contribution in [0.5, 0.6) is 0 Å². The Hall–Kier alpha value is -2.59. The van der Waals surface area contributed by atoms with Gasteiger partial charge in [-0.05, 0) is 62.2 Å². The van der Waals surface area contributed by atoms with Gasteiger partial charge < -0.3 is 10.3 Å². The van der Waals surface area contributed by atoms with E-state index in [4.69, 9.17) is 0 Å². The minimum atomic E-state index is 0.0242. The maximum Gasteiger partial charge on any atom is 0.228 e. The average Bonchev–Trinajstić information content (AvgIpc) is 3.24. The van der Waals surface area contributed by atoms with Crippen LogP contribution in [0.15, 0.2) is 48.5 Å². The lowest BCUT2D eigenvalue weighted by atomic mass is 10.1. The number of hydrogen-bond donors (Lipinski definition) is 2. The van der Waals surface area contributed by atoms with Crippen molar-refractivity contribution < 1.29 is 4.79 Å². The van der Waals surface area contributed by atoms with Crippen molar-refractivity contribution in [3.8, 4) is 0 Å². The number of aromatic amines is 1. The second kappa shape index (κ2) is 7.34. The largest absolute Gasteiger partial charge is 0.358 e. The summed E-state index contributed by atoms with van der Waals surface area (Å²) in [6.07, 6.45) is 2.97. The first-order valence-corrected chi connectivity index (χ1v) is 9.36. The molecule has 134 valence electrons. The molecule has 0 unspecified atom stereocenters. The Bertz CT molecular complexity index is 922. The molecule has 3 aromatic rings. The van der Waals surface area contributed by atoms with E-state index in [2.05, 4.69) is 33.4 Å². The number of fused-ring (bicyclic) bond motifs is 1. The highest BCUT2D eigenvalue weighted by atomic mass is 16.1. The topological polar surface area (TPSA) is 48.1 Å². The van der Waals surface area contributed by atoms with Crippen LogP contribution in [0.25, 0.3) is 10.9 Å². The monoisotopic (exact) mass is 347 g/mol. The van der Waals surface area contributed by atoms with Gasteiger partial charge in [-0.3, -0.25) is 9.69 Å². The molecule has 0 radical (unpaired) electrons. The molecule has 1 aliphatic rings. The van der Waals surface area contributed by atoms with E-state index in [-0.39, 0.29) is 5.91 Å². The summed E-state index contributed by atoms with van der Waals surface area (Å²) < 4.78 is 0. The number of aryl methyl sites for hydroxylation is 1. The SMILES string of the molecule is Cc1[nH]c2ccccc2c1CC(=O)Nc1cccc(CN2CCCC2)c1. The fraction of sp³-hybridized carbons (Fsp3) is 0.318. The summed E-state index contributed by atoms with van der Waals surface area (Å²) >= 11 is 0. The summed E-state index contributed by atoms with van der Waals surface area (Å²) in [5.41, 5.74) is 5.35. The number of likely N-dealkylation sites (tertiary alicyclic amines) is 1. The highest BCUT2D eigenvalue weighted by molar-refractivity contribution is 5.96. The van der Waals surface area contributed by atoms with Gasteiger partial charge in [0.1, 0.15) is 0 Å². The summed E-state index contributed by atoms with van der Waals surface area (Å²) in [5, 5.41) is 4.19. The molecule has 0 bridgehead atoms. The Kier molecular flexibility index (Phi) is 4.76. The van der Waals surface area contributed by atoms with Crippen molar-refractivity contribution >= 4 is 22.5 Å². The fourth-order valence-electron chi connectivity index (χ4n) is 3.87. The molecule has 0 atom stereocenters. The van der Waals surface area contributed by atoms with Crippen LogP contribution in [0.4, 0.5) is 5.69 Å². The van der Waals surface area contributed by atoms with Gasteiger partial charge in [-0.1, -0.05) is 30.3 Å². The summed E-state index contributed by atoms with van der Waals surface area (Å²) in [5.74, 6) is 0.0242. The molecule has 1 fully saturated rings. The third-order valence-corrected chi connectivity index (χ3v) is 5.18. The predicted molar refractivity (Wildman–Crippen MR) is 106 cm³/mol. The van der Waals surface area contributed by atoms with Crippen LogP contribution in [0.1, 0.15) is 29.7 Å². The van der Waals surface area contributed by atoms with Gasteiger partial charge in [0.2, 0.25) is 5.91 Å². The van der Waals surface area contributed by atoms with Crippen molar-refractivity contribution in [3.05, 3.63) is 65.4 Å². The molecule has 4 heteroatoms. The number of rotatable bonds is 5. The highest BCUT2D eigenvalue weighted by Gasteiger charge is 2.14. The predicted octanol–water partition coefficient (Wildman–Crippen LogP) is 4.25. The van der Waals surface area contributed by atoms with E-state index in [1.807, 2.05) is 37.3 Å². The number of carbonyl (C=O) groups is 1. The van der Waals surface area contributed by atoms with Gasteiger partial charge in [-0.2, -0.15) is 0 Å². The first-order valence-electron chi connectivity index (χ1n) is 9.36. The number of hydrogen-bond acceptors (Lipinski definition) is 2. The lowest BCUT2D eigenvalue weighted by Gasteiger charge is -2.15. The van der Waals surface area contributed by atoms with Crippen LogP contribution in [0.2, 0.25) is 0 Å². The van der Waals surface area contributed by atoms with Crippen molar-refractivity contribution in [1.82, 2.24) is 9.88 Å². The van der Waals surface area contributed by atoms with Crippen molar-refractivity contribution in [2.75, 3.05) is 18.4 Å². The molecule has 1 saturated heterocycles. The van der Waals surface area contributed by atoms with E-state index in [0.717, 1.165) is 34.4 Å². The average molecular weight is 347 g/mol. The van der Waals surface area contributed by atoms with Crippen molar-refractivity contribution in [1.29, 1.82) is 0 Å². The van der Waals surface area contributed by atoms with Crippen LogP contribution in [-0.4, -0.2) is 28.9 Å². The zero-order valence-corrected chi connectivity index (χ0v) is 15.2. The molecule has 2 aromatic carbocycles. The van der Waals surface area contributed by atoms with Crippen LogP contribution >= 0.6 is 0 Å². The van der Waals surface area contributed by atoms with E-state index in [1.165, 1.54) is 31.5 Å². The molecule has 0 saturated carbocycles. The number of nitrogens with zero attached hydrogens (tertiary/aromatic N) is 1. The second-order valence-corrected chi connectivity index (χ2v) is 7.18. The van der Waals surface area contributed by atoms with Gasteiger partial charge in [0, 0.05) is 28.8 Å². The molecule has 26 heavy (non-hydrogen) atoms. The number of H-pyrrole nitrogens is 1. The number of carbonyl (C=O) groups excluding carboxylic acids is 1. The van der Waals surface area contributed by atoms with Gasteiger partial charge in [-0.15, -0.1) is 0 Å². The van der Waals surface area contributed by atoms with Gasteiger partial charge in [0.25, 0.3) is 0 Å². The van der Waals surface area contributed by atoms with Gasteiger partial charge in [0.15, 0.2) is 0 Å². The molecular weight excluding hydrogens is 322 g/mol. The first kappa shape index (κ1) is 16.9. The molecule has 0 aliphatic carbocycles. The number of benzene rings is 2. The standard InChI is InChI=1S/C22H25N3O/c1-16-20(19-9-2-3-10-21(19)23-16)14-22(26)24-18-8-6-7-17(13-18)15-25-11-4-5-12-25/h2-3,6-10,13,23H,4-5,11-12,14-15H2,1H3,(H,24,26). The zero-order chi connectivity index (χ0) is 17.9. The number of nitrogens with one attached hydrogen (secondary N) is 2. The third kappa shape index (κ3) is 3.65. The van der Waals surface area contributed by atoms with Crippen molar-refractivity contribution in [3.63, 3.8) is 0 Å². The lowest BCUT2D eigenvalue weighted by Crippen LogP contribution is -2.19. The number of amides is 1. The van der Waals surface area contributed by atoms with Crippen molar-refractivity contribution in [2.24, 2.45) is 0 Å². The van der Waals surface area contributed by atoms with Crippen LogP contribution < -0.4 is 5.32 Å². The molecular formula is C22H25N3O. The molecule has 1 aromatic heterocycles. The Labute approximate surface area is 154 Å². The molecule has 1 amide bonds. The molecule has 0 spiro atoms. The van der Waals surface area contributed by atoms with Crippen LogP contribution in [-0.2, 0) is 17.8 Å².